The van der Waals surface area contributed by atoms with Crippen molar-refractivity contribution < 1.29 is 28.8 Å². The first-order valence-corrected chi connectivity index (χ1v) is 13.0. The summed E-state index contributed by atoms with van der Waals surface area (Å²) < 4.78 is 21.9. The molecule has 6 heteroatoms. The molecule has 0 radical (unpaired) electrons. The average Bonchev–Trinajstić information content (AvgIpc) is 2.90. The van der Waals surface area contributed by atoms with Crippen LogP contribution in [0.1, 0.15) is 70.3 Å². The molecule has 1 aromatic rings. The van der Waals surface area contributed by atoms with Crippen molar-refractivity contribution in [2.45, 2.75) is 89.6 Å². The maximum absolute atomic E-state index is 11.1. The molecule has 0 aliphatic carbocycles. The van der Waals surface area contributed by atoms with Crippen LogP contribution in [0.15, 0.2) is 60.7 Å². The Kier molecular flexibility index (Phi) is 18.2. The van der Waals surface area contributed by atoms with E-state index in [4.69, 9.17) is 14.2 Å². The number of ether oxygens (including phenoxy) is 4. The molecule has 0 aliphatic heterocycles. The van der Waals surface area contributed by atoms with Gasteiger partial charge < -0.3 is 24.1 Å². The molecule has 0 saturated heterocycles. The van der Waals surface area contributed by atoms with Crippen molar-refractivity contribution in [3.8, 4) is 5.75 Å². The molecule has 1 aromatic carbocycles. The normalized spacial score (nSPS) is 14.5. The first kappa shape index (κ1) is 31.6. The van der Waals surface area contributed by atoms with Crippen molar-refractivity contribution in [1.29, 1.82) is 0 Å². The molecule has 1 rings (SSSR count). The third-order valence-electron chi connectivity index (χ3n) is 5.82. The third-order valence-corrected chi connectivity index (χ3v) is 5.82. The molecular formula is C30H46O6. The quantitative estimate of drug-likeness (QED) is 0.128. The van der Waals surface area contributed by atoms with Gasteiger partial charge in [-0.15, -0.1) is 0 Å². The number of aliphatic hydroxyl groups is 1. The number of methoxy groups -OCH3 is 3. The Hall–Kier alpha value is -2.41. The highest BCUT2D eigenvalue weighted by Gasteiger charge is 2.19. The van der Waals surface area contributed by atoms with Crippen LogP contribution >= 0.6 is 0 Å². The predicted molar refractivity (Wildman–Crippen MR) is 145 cm³/mol. The van der Waals surface area contributed by atoms with E-state index in [9.17, 15) is 9.90 Å². The largest absolute Gasteiger partial charge is 0.497 e. The van der Waals surface area contributed by atoms with E-state index >= 15 is 0 Å². The number of carbonyl (C=O) groups excluding carboxylic acids is 1. The Morgan fingerprint density at radius 1 is 0.917 bits per heavy atom. The second-order valence-electron chi connectivity index (χ2n) is 8.73. The summed E-state index contributed by atoms with van der Waals surface area (Å²) in [6.07, 6.45) is 18.7. The molecule has 202 valence electrons. The Labute approximate surface area is 218 Å². The molecule has 0 spiro atoms. The van der Waals surface area contributed by atoms with Crippen LogP contribution in [-0.4, -0.2) is 50.7 Å². The minimum Gasteiger partial charge on any atom is -0.497 e. The second-order valence-corrected chi connectivity index (χ2v) is 8.73. The molecule has 0 aliphatic rings. The number of aliphatic hydroxyl groups excluding tert-OH is 1. The van der Waals surface area contributed by atoms with Gasteiger partial charge in [0.05, 0.1) is 33.0 Å². The van der Waals surface area contributed by atoms with E-state index in [1.807, 2.05) is 42.5 Å². The maximum atomic E-state index is 11.1. The van der Waals surface area contributed by atoms with Crippen LogP contribution in [0.2, 0.25) is 0 Å². The number of hydrogen-bond acceptors (Lipinski definition) is 6. The fourth-order valence-corrected chi connectivity index (χ4v) is 3.57. The van der Waals surface area contributed by atoms with E-state index in [0.29, 0.717) is 19.4 Å². The highest BCUT2D eigenvalue weighted by molar-refractivity contribution is 5.69. The highest BCUT2D eigenvalue weighted by Crippen LogP contribution is 2.17. The lowest BCUT2D eigenvalue weighted by Gasteiger charge is -2.23. The lowest BCUT2D eigenvalue weighted by atomic mass is 10.1. The zero-order valence-electron chi connectivity index (χ0n) is 22.6. The predicted octanol–water partition coefficient (Wildman–Crippen LogP) is 6.33. The van der Waals surface area contributed by atoms with Gasteiger partial charge in [-0.25, -0.2) is 0 Å². The summed E-state index contributed by atoms with van der Waals surface area (Å²) in [6, 6.07) is 7.84. The lowest BCUT2D eigenvalue weighted by Crippen LogP contribution is -2.29. The Bertz CT molecular complexity index is 768. The van der Waals surface area contributed by atoms with E-state index < -0.39 is 6.10 Å². The van der Waals surface area contributed by atoms with Gasteiger partial charge in [0, 0.05) is 13.5 Å². The molecule has 0 unspecified atom stereocenters. The Morgan fingerprint density at radius 3 is 2.25 bits per heavy atom. The Morgan fingerprint density at radius 2 is 1.61 bits per heavy atom. The number of allylic oxidation sites excluding steroid dienone is 2. The summed E-state index contributed by atoms with van der Waals surface area (Å²) in [7, 11) is 4.71. The zero-order valence-corrected chi connectivity index (χ0v) is 22.6. The van der Waals surface area contributed by atoms with Crippen molar-refractivity contribution in [3.05, 3.63) is 66.3 Å². The maximum Gasteiger partial charge on any atom is 0.305 e. The highest BCUT2D eigenvalue weighted by atomic mass is 16.5. The number of hydrogen-bond donors (Lipinski definition) is 1. The summed E-state index contributed by atoms with van der Waals surface area (Å²) in [6.45, 7) is 2.67. The number of carbonyl (C=O) groups is 1. The van der Waals surface area contributed by atoms with Gasteiger partial charge in [0.15, 0.2) is 0 Å². The second kappa shape index (κ2) is 20.7. The topological polar surface area (TPSA) is 74.2 Å². The molecule has 0 saturated carbocycles. The number of esters is 1. The van der Waals surface area contributed by atoms with Crippen LogP contribution in [0.4, 0.5) is 0 Å². The van der Waals surface area contributed by atoms with Gasteiger partial charge in [-0.05, 0) is 56.2 Å². The van der Waals surface area contributed by atoms with Gasteiger partial charge in [-0.2, -0.15) is 0 Å². The molecule has 0 aromatic heterocycles. The minimum atomic E-state index is -0.619. The van der Waals surface area contributed by atoms with Gasteiger partial charge in [0.25, 0.3) is 0 Å². The summed E-state index contributed by atoms with van der Waals surface area (Å²) in [5, 5.41) is 10.4. The summed E-state index contributed by atoms with van der Waals surface area (Å²) >= 11 is 0. The van der Waals surface area contributed by atoms with Gasteiger partial charge >= 0.3 is 5.97 Å². The standard InChI is InChI=1S/C30H46O6/c1-5-6-7-8-9-13-16-29(36-24-25-18-21-27(33-2)22-19-25)28(34-3)23-20-26(31)15-12-10-11-14-17-30(32)35-4/h9-10,12-13,18-23,26,28-29,31H,5-8,11,14-17,24H2,1-4H3/b12-10-,13-9-,23-20+/t26-,28-,29-/m0/s1. The van der Waals surface area contributed by atoms with Crippen molar-refractivity contribution in [2.75, 3.05) is 21.3 Å². The van der Waals surface area contributed by atoms with Gasteiger partial charge in [0.2, 0.25) is 0 Å². The smallest absolute Gasteiger partial charge is 0.305 e. The summed E-state index contributed by atoms with van der Waals surface area (Å²) in [5.74, 6) is 0.617. The minimum absolute atomic E-state index is 0.183. The van der Waals surface area contributed by atoms with Crippen LogP contribution in [0.25, 0.3) is 0 Å². The molecule has 6 nitrogen and oxygen atoms in total. The molecule has 36 heavy (non-hydrogen) atoms. The summed E-state index contributed by atoms with van der Waals surface area (Å²) in [4.78, 5) is 11.1. The fourth-order valence-electron chi connectivity index (χ4n) is 3.57. The first-order valence-electron chi connectivity index (χ1n) is 13.0. The van der Waals surface area contributed by atoms with Crippen LogP contribution in [0, 0.1) is 0 Å². The van der Waals surface area contributed by atoms with E-state index in [2.05, 4.69) is 23.8 Å². The first-order chi connectivity index (χ1) is 17.5. The number of unbranched alkanes of at least 4 members (excludes halogenated alkanes) is 4. The van der Waals surface area contributed by atoms with Crippen LogP contribution in [0.3, 0.4) is 0 Å². The number of rotatable bonds is 20. The summed E-state index contributed by atoms with van der Waals surface area (Å²) in [5.41, 5.74) is 1.06. The van der Waals surface area contributed by atoms with E-state index in [-0.39, 0.29) is 18.2 Å². The molecule has 0 fully saturated rings. The van der Waals surface area contributed by atoms with Crippen LogP contribution in [0.5, 0.6) is 5.75 Å². The molecule has 1 N–H and O–H groups in total. The Balaban J connectivity index is 2.66. The van der Waals surface area contributed by atoms with E-state index in [1.54, 1.807) is 20.3 Å². The fraction of sp³-hybridized carbons (Fsp3) is 0.567. The average molecular weight is 503 g/mol. The van der Waals surface area contributed by atoms with Crippen molar-refractivity contribution in [2.24, 2.45) is 0 Å². The van der Waals surface area contributed by atoms with Crippen molar-refractivity contribution in [3.63, 3.8) is 0 Å². The zero-order chi connectivity index (χ0) is 26.4. The van der Waals surface area contributed by atoms with Crippen LogP contribution < -0.4 is 4.74 Å². The van der Waals surface area contributed by atoms with E-state index in [1.165, 1.54) is 26.4 Å². The molecule has 0 amide bonds. The van der Waals surface area contributed by atoms with Gasteiger partial charge in [-0.3, -0.25) is 4.79 Å². The molecule has 0 heterocycles. The monoisotopic (exact) mass is 502 g/mol. The third kappa shape index (κ3) is 14.9. The van der Waals surface area contributed by atoms with E-state index in [0.717, 1.165) is 37.0 Å². The molecular weight excluding hydrogens is 456 g/mol. The van der Waals surface area contributed by atoms with Gasteiger partial charge in [0.1, 0.15) is 11.9 Å². The van der Waals surface area contributed by atoms with Crippen molar-refractivity contribution in [1.82, 2.24) is 0 Å². The number of benzene rings is 1. The van der Waals surface area contributed by atoms with Crippen LogP contribution in [-0.2, 0) is 25.6 Å². The SMILES string of the molecule is CCCCC/C=C\C[C@H](OCc1ccc(OC)cc1)[C@H](/C=C/[C@@H](O)C/C=C\CCCC(=O)OC)OC. The van der Waals surface area contributed by atoms with Gasteiger partial charge in [-0.1, -0.05) is 68.4 Å². The molecule has 3 atom stereocenters. The van der Waals surface area contributed by atoms with Crippen molar-refractivity contribution >= 4 is 5.97 Å². The molecule has 0 bridgehead atoms. The lowest BCUT2D eigenvalue weighted by molar-refractivity contribution is -0.140.